The van der Waals surface area contributed by atoms with Gasteiger partial charge in [0.05, 0.1) is 12.7 Å². The number of nitrogens with one attached hydrogen (secondary N) is 1. The lowest BCUT2D eigenvalue weighted by Crippen LogP contribution is -2.52. The second kappa shape index (κ2) is 7.63. The molecule has 1 N–H and O–H groups in total. The molecule has 1 heterocycles. The van der Waals surface area contributed by atoms with Crippen LogP contribution in [0.3, 0.4) is 0 Å². The van der Waals surface area contributed by atoms with Crippen LogP contribution in [0.25, 0.3) is 0 Å². The van der Waals surface area contributed by atoms with Crippen LogP contribution in [-0.4, -0.2) is 49.8 Å². The largest absolute Gasteiger partial charge is 0.377 e. The van der Waals surface area contributed by atoms with Gasteiger partial charge in [0, 0.05) is 32.2 Å². The van der Waals surface area contributed by atoms with Gasteiger partial charge in [0.25, 0.3) is 0 Å². The van der Waals surface area contributed by atoms with Crippen molar-refractivity contribution in [3.63, 3.8) is 0 Å². The standard InChI is InChI=1S/C16H26N2O/c1-14(2)19-11-10-18-9-8-17-16(13-18)12-15-6-4-3-5-7-15/h3-7,14,16-17H,8-13H2,1-2H3. The molecule has 106 valence electrons. The van der Waals surface area contributed by atoms with Crippen molar-refractivity contribution in [2.24, 2.45) is 0 Å². The van der Waals surface area contributed by atoms with Crippen LogP contribution in [0.4, 0.5) is 0 Å². The van der Waals surface area contributed by atoms with Gasteiger partial charge >= 0.3 is 0 Å². The minimum absolute atomic E-state index is 0.336. The summed E-state index contributed by atoms with van der Waals surface area (Å²) in [6.45, 7) is 9.41. The van der Waals surface area contributed by atoms with Gasteiger partial charge in [-0.3, -0.25) is 4.90 Å². The summed E-state index contributed by atoms with van der Waals surface area (Å²) >= 11 is 0. The molecule has 0 spiro atoms. The highest BCUT2D eigenvalue weighted by Crippen LogP contribution is 2.07. The number of hydrogen-bond acceptors (Lipinski definition) is 3. The first-order valence-electron chi connectivity index (χ1n) is 7.35. The molecular formula is C16H26N2O. The number of ether oxygens (including phenoxy) is 1. The fourth-order valence-electron chi connectivity index (χ4n) is 2.55. The Kier molecular flexibility index (Phi) is 5.83. The fraction of sp³-hybridized carbons (Fsp3) is 0.625. The Bertz CT molecular complexity index is 353. The summed E-state index contributed by atoms with van der Waals surface area (Å²) in [5.74, 6) is 0. The summed E-state index contributed by atoms with van der Waals surface area (Å²) in [5, 5.41) is 3.61. The Morgan fingerprint density at radius 1 is 1.32 bits per heavy atom. The van der Waals surface area contributed by atoms with E-state index in [4.69, 9.17) is 4.74 Å². The summed E-state index contributed by atoms with van der Waals surface area (Å²) in [4.78, 5) is 2.51. The molecule has 0 amide bonds. The summed E-state index contributed by atoms with van der Waals surface area (Å²) in [7, 11) is 0. The Hall–Kier alpha value is -0.900. The molecule has 1 atom stereocenters. The van der Waals surface area contributed by atoms with E-state index in [0.29, 0.717) is 12.1 Å². The van der Waals surface area contributed by atoms with Gasteiger partial charge in [-0.2, -0.15) is 0 Å². The minimum Gasteiger partial charge on any atom is -0.377 e. The van der Waals surface area contributed by atoms with E-state index in [2.05, 4.69) is 54.4 Å². The normalized spacial score (nSPS) is 20.9. The van der Waals surface area contributed by atoms with Crippen molar-refractivity contribution in [3.8, 4) is 0 Å². The first-order valence-corrected chi connectivity index (χ1v) is 7.35. The fourth-order valence-corrected chi connectivity index (χ4v) is 2.55. The lowest BCUT2D eigenvalue weighted by atomic mass is 10.0. The van der Waals surface area contributed by atoms with Crippen molar-refractivity contribution >= 4 is 0 Å². The van der Waals surface area contributed by atoms with Crippen molar-refractivity contribution in [2.45, 2.75) is 32.4 Å². The topological polar surface area (TPSA) is 24.5 Å². The number of benzene rings is 1. The molecule has 3 nitrogen and oxygen atoms in total. The lowest BCUT2D eigenvalue weighted by molar-refractivity contribution is 0.0526. The predicted octanol–water partition coefficient (Wildman–Crippen LogP) is 1.93. The SMILES string of the molecule is CC(C)OCCN1CCNC(Cc2ccccc2)C1. The first-order chi connectivity index (χ1) is 9.24. The van der Waals surface area contributed by atoms with Crippen molar-refractivity contribution in [1.29, 1.82) is 0 Å². The number of rotatable bonds is 6. The maximum Gasteiger partial charge on any atom is 0.0596 e. The van der Waals surface area contributed by atoms with Crippen molar-refractivity contribution in [1.82, 2.24) is 10.2 Å². The molecule has 1 aliphatic heterocycles. The molecule has 0 bridgehead atoms. The molecular weight excluding hydrogens is 236 g/mol. The van der Waals surface area contributed by atoms with Crippen LogP contribution in [0.5, 0.6) is 0 Å². The third-order valence-corrected chi connectivity index (χ3v) is 3.52. The monoisotopic (exact) mass is 262 g/mol. The summed E-state index contributed by atoms with van der Waals surface area (Å²) < 4.78 is 5.64. The maximum absolute atomic E-state index is 5.64. The Morgan fingerprint density at radius 2 is 2.11 bits per heavy atom. The van der Waals surface area contributed by atoms with Gasteiger partial charge in [-0.05, 0) is 25.8 Å². The molecule has 1 aliphatic rings. The second-order valence-corrected chi connectivity index (χ2v) is 5.56. The van der Waals surface area contributed by atoms with E-state index in [9.17, 15) is 0 Å². The molecule has 0 aromatic heterocycles. The molecule has 2 rings (SSSR count). The highest BCUT2D eigenvalue weighted by molar-refractivity contribution is 5.16. The molecule has 19 heavy (non-hydrogen) atoms. The molecule has 0 radical (unpaired) electrons. The summed E-state index contributed by atoms with van der Waals surface area (Å²) in [5.41, 5.74) is 1.42. The highest BCUT2D eigenvalue weighted by atomic mass is 16.5. The van der Waals surface area contributed by atoms with Gasteiger partial charge in [-0.25, -0.2) is 0 Å². The average molecular weight is 262 g/mol. The average Bonchev–Trinajstić information content (AvgIpc) is 2.40. The molecule has 1 aromatic carbocycles. The van der Waals surface area contributed by atoms with E-state index in [1.165, 1.54) is 5.56 Å². The molecule has 0 aliphatic carbocycles. The molecule has 1 fully saturated rings. The van der Waals surface area contributed by atoms with Gasteiger partial charge < -0.3 is 10.1 Å². The first kappa shape index (κ1) is 14.5. The van der Waals surface area contributed by atoms with Gasteiger partial charge in [0.15, 0.2) is 0 Å². The molecule has 3 heteroatoms. The minimum atomic E-state index is 0.336. The summed E-state index contributed by atoms with van der Waals surface area (Å²) in [6.07, 6.45) is 1.45. The third kappa shape index (κ3) is 5.31. The number of hydrogen-bond donors (Lipinski definition) is 1. The van der Waals surface area contributed by atoms with Crippen molar-refractivity contribution in [3.05, 3.63) is 35.9 Å². The van der Waals surface area contributed by atoms with Gasteiger partial charge in [0.1, 0.15) is 0 Å². The van der Waals surface area contributed by atoms with E-state index in [-0.39, 0.29) is 0 Å². The second-order valence-electron chi connectivity index (χ2n) is 5.56. The zero-order chi connectivity index (χ0) is 13.5. The smallest absolute Gasteiger partial charge is 0.0596 e. The van der Waals surface area contributed by atoms with Crippen LogP contribution in [0.15, 0.2) is 30.3 Å². The Morgan fingerprint density at radius 3 is 2.84 bits per heavy atom. The van der Waals surface area contributed by atoms with Gasteiger partial charge in [-0.1, -0.05) is 30.3 Å². The van der Waals surface area contributed by atoms with Crippen LogP contribution in [0.2, 0.25) is 0 Å². The molecule has 1 saturated heterocycles. The van der Waals surface area contributed by atoms with Crippen molar-refractivity contribution < 1.29 is 4.74 Å². The van der Waals surface area contributed by atoms with Crippen LogP contribution in [0.1, 0.15) is 19.4 Å². The molecule has 1 aromatic rings. The maximum atomic E-state index is 5.64. The predicted molar refractivity (Wildman–Crippen MR) is 79.5 cm³/mol. The quantitative estimate of drug-likeness (QED) is 0.848. The zero-order valence-electron chi connectivity index (χ0n) is 12.1. The molecule has 1 unspecified atom stereocenters. The van der Waals surface area contributed by atoms with Gasteiger partial charge in [0.2, 0.25) is 0 Å². The lowest BCUT2D eigenvalue weighted by Gasteiger charge is -2.33. The third-order valence-electron chi connectivity index (χ3n) is 3.52. The van der Waals surface area contributed by atoms with Crippen LogP contribution >= 0.6 is 0 Å². The van der Waals surface area contributed by atoms with E-state index in [0.717, 1.165) is 39.2 Å². The van der Waals surface area contributed by atoms with Crippen molar-refractivity contribution in [2.75, 3.05) is 32.8 Å². The van der Waals surface area contributed by atoms with E-state index < -0.39 is 0 Å². The van der Waals surface area contributed by atoms with Gasteiger partial charge in [-0.15, -0.1) is 0 Å². The van der Waals surface area contributed by atoms with E-state index in [1.807, 2.05) is 0 Å². The van der Waals surface area contributed by atoms with E-state index in [1.54, 1.807) is 0 Å². The highest BCUT2D eigenvalue weighted by Gasteiger charge is 2.19. The Balaban J connectivity index is 1.74. The summed E-state index contributed by atoms with van der Waals surface area (Å²) in [6, 6.07) is 11.3. The number of nitrogens with zero attached hydrogens (tertiary/aromatic N) is 1. The zero-order valence-corrected chi connectivity index (χ0v) is 12.1. The van der Waals surface area contributed by atoms with Crippen LogP contribution < -0.4 is 5.32 Å². The van der Waals surface area contributed by atoms with Crippen LogP contribution in [-0.2, 0) is 11.2 Å². The van der Waals surface area contributed by atoms with E-state index >= 15 is 0 Å². The van der Waals surface area contributed by atoms with Crippen LogP contribution in [0, 0.1) is 0 Å². The number of piperazine rings is 1. The Labute approximate surface area is 116 Å². The molecule has 0 saturated carbocycles.